The molecule has 0 unspecified atom stereocenters. The van der Waals surface area contributed by atoms with Crippen LogP contribution in [0.2, 0.25) is 0 Å². The molecule has 0 heterocycles. The van der Waals surface area contributed by atoms with E-state index in [9.17, 15) is 14.0 Å². The van der Waals surface area contributed by atoms with Crippen molar-refractivity contribution in [1.82, 2.24) is 0 Å². The predicted octanol–water partition coefficient (Wildman–Crippen LogP) is 4.07. The molecule has 0 radical (unpaired) electrons. The summed E-state index contributed by atoms with van der Waals surface area (Å²) in [5, 5.41) is 11.5. The van der Waals surface area contributed by atoms with Crippen LogP contribution in [0.15, 0.2) is 18.2 Å². The van der Waals surface area contributed by atoms with Crippen molar-refractivity contribution in [2.75, 3.05) is 5.32 Å². The van der Waals surface area contributed by atoms with Gasteiger partial charge < -0.3 is 9.84 Å². The molecule has 23 heavy (non-hydrogen) atoms. The maximum Gasteiger partial charge on any atom is 0.412 e. The third kappa shape index (κ3) is 4.21. The standard InChI is InChI=1S/C17H22FNO4/c1-16(2,3)23-15(22)19-11-5-6-12(13(18)9-11)17(7-4-8-17)10-14(20)21/h5-6,9H,4,7-8,10H2,1-3H3,(H,19,22)(H,20,21). The summed E-state index contributed by atoms with van der Waals surface area (Å²) in [5.41, 5.74) is -0.577. The van der Waals surface area contributed by atoms with Gasteiger partial charge in [-0.2, -0.15) is 0 Å². The second-order valence-corrected chi connectivity index (χ2v) is 7.03. The number of halogens is 1. The maximum absolute atomic E-state index is 14.4. The number of hydrogen-bond acceptors (Lipinski definition) is 3. The number of anilines is 1. The van der Waals surface area contributed by atoms with Gasteiger partial charge in [0.15, 0.2) is 0 Å². The fourth-order valence-electron chi connectivity index (χ4n) is 2.88. The van der Waals surface area contributed by atoms with Crippen molar-refractivity contribution in [3.8, 4) is 0 Å². The SMILES string of the molecule is CC(C)(C)OC(=O)Nc1ccc(C2(CC(=O)O)CCC2)c(F)c1. The van der Waals surface area contributed by atoms with Gasteiger partial charge in [0.25, 0.3) is 0 Å². The number of carbonyl (C=O) groups excluding carboxylic acids is 1. The lowest BCUT2D eigenvalue weighted by atomic mass is 9.62. The summed E-state index contributed by atoms with van der Waals surface area (Å²) < 4.78 is 19.5. The number of benzene rings is 1. The Bertz CT molecular complexity index is 618. The van der Waals surface area contributed by atoms with Crippen LogP contribution < -0.4 is 5.32 Å². The lowest BCUT2D eigenvalue weighted by molar-refractivity contribution is -0.139. The molecule has 1 fully saturated rings. The van der Waals surface area contributed by atoms with Gasteiger partial charge in [-0.15, -0.1) is 0 Å². The van der Waals surface area contributed by atoms with Crippen LogP contribution >= 0.6 is 0 Å². The average molecular weight is 323 g/mol. The quantitative estimate of drug-likeness (QED) is 0.876. The van der Waals surface area contributed by atoms with Gasteiger partial charge in [-0.25, -0.2) is 9.18 Å². The number of ether oxygens (including phenoxy) is 1. The van der Waals surface area contributed by atoms with Crippen LogP contribution in [0.4, 0.5) is 14.9 Å². The van der Waals surface area contributed by atoms with E-state index >= 15 is 0 Å². The molecule has 0 spiro atoms. The van der Waals surface area contributed by atoms with Crippen molar-refractivity contribution < 1.29 is 23.8 Å². The summed E-state index contributed by atoms with van der Waals surface area (Å²) in [5.74, 6) is -1.43. The molecule has 0 atom stereocenters. The Kier molecular flexibility index (Phi) is 4.63. The molecule has 6 heteroatoms. The highest BCUT2D eigenvalue weighted by Gasteiger charge is 2.42. The number of nitrogens with one attached hydrogen (secondary N) is 1. The lowest BCUT2D eigenvalue weighted by Crippen LogP contribution is -2.37. The van der Waals surface area contributed by atoms with E-state index < -0.39 is 28.9 Å². The number of amides is 1. The molecular formula is C17H22FNO4. The van der Waals surface area contributed by atoms with Crippen molar-refractivity contribution in [1.29, 1.82) is 0 Å². The predicted molar refractivity (Wildman–Crippen MR) is 84.0 cm³/mol. The Morgan fingerprint density at radius 2 is 2.00 bits per heavy atom. The first-order valence-corrected chi connectivity index (χ1v) is 7.63. The lowest BCUT2D eigenvalue weighted by Gasteiger charge is -2.41. The normalized spacial score (nSPS) is 16.3. The van der Waals surface area contributed by atoms with E-state index in [0.717, 1.165) is 6.42 Å². The van der Waals surface area contributed by atoms with E-state index in [2.05, 4.69) is 5.32 Å². The summed E-state index contributed by atoms with van der Waals surface area (Å²) in [6, 6.07) is 4.34. The Labute approximate surface area is 134 Å². The molecule has 1 amide bonds. The van der Waals surface area contributed by atoms with Crippen LogP contribution in [-0.2, 0) is 14.9 Å². The van der Waals surface area contributed by atoms with Gasteiger partial charge in [-0.3, -0.25) is 10.1 Å². The van der Waals surface area contributed by atoms with E-state index in [0.29, 0.717) is 18.4 Å². The summed E-state index contributed by atoms with van der Waals surface area (Å²) >= 11 is 0. The van der Waals surface area contributed by atoms with Crippen LogP contribution in [0.25, 0.3) is 0 Å². The smallest absolute Gasteiger partial charge is 0.412 e. The Balaban J connectivity index is 2.15. The number of carbonyl (C=O) groups is 2. The topological polar surface area (TPSA) is 75.6 Å². The fraction of sp³-hybridized carbons (Fsp3) is 0.529. The summed E-state index contributed by atoms with van der Waals surface area (Å²) in [4.78, 5) is 22.7. The average Bonchev–Trinajstić information content (AvgIpc) is 2.31. The molecule has 1 aliphatic rings. The summed E-state index contributed by atoms with van der Waals surface area (Å²) in [7, 11) is 0. The van der Waals surface area contributed by atoms with E-state index in [1.807, 2.05) is 0 Å². The van der Waals surface area contributed by atoms with E-state index in [-0.39, 0.29) is 12.1 Å². The first kappa shape index (κ1) is 17.2. The zero-order chi connectivity index (χ0) is 17.3. The van der Waals surface area contributed by atoms with Gasteiger partial charge in [-0.1, -0.05) is 12.5 Å². The molecule has 1 aromatic rings. The highest BCUT2D eigenvalue weighted by Crippen LogP contribution is 2.47. The second-order valence-electron chi connectivity index (χ2n) is 7.03. The molecule has 5 nitrogen and oxygen atoms in total. The Hall–Kier alpha value is -2.11. The van der Waals surface area contributed by atoms with E-state index in [4.69, 9.17) is 9.84 Å². The molecule has 0 bridgehead atoms. The molecule has 0 saturated heterocycles. The van der Waals surface area contributed by atoms with Gasteiger partial charge in [0.1, 0.15) is 11.4 Å². The first-order chi connectivity index (χ1) is 10.6. The van der Waals surface area contributed by atoms with Crippen LogP contribution in [0.5, 0.6) is 0 Å². The number of carboxylic acid groups (broad SMARTS) is 1. The van der Waals surface area contributed by atoms with Gasteiger partial charge in [-0.05, 0) is 51.3 Å². The van der Waals surface area contributed by atoms with Crippen molar-refractivity contribution in [2.45, 2.75) is 57.5 Å². The third-order valence-electron chi connectivity index (χ3n) is 3.99. The minimum absolute atomic E-state index is 0.0806. The van der Waals surface area contributed by atoms with E-state index in [1.54, 1.807) is 32.9 Å². The van der Waals surface area contributed by atoms with Gasteiger partial charge in [0.05, 0.1) is 6.42 Å². The second kappa shape index (κ2) is 6.18. The van der Waals surface area contributed by atoms with Crippen molar-refractivity contribution >= 4 is 17.7 Å². The molecule has 1 saturated carbocycles. The molecule has 0 aliphatic heterocycles. The summed E-state index contributed by atoms with van der Waals surface area (Å²) in [6.45, 7) is 5.22. The largest absolute Gasteiger partial charge is 0.481 e. The molecule has 2 N–H and O–H groups in total. The Morgan fingerprint density at radius 1 is 1.35 bits per heavy atom. The highest BCUT2D eigenvalue weighted by atomic mass is 19.1. The Morgan fingerprint density at radius 3 is 2.43 bits per heavy atom. The van der Waals surface area contributed by atoms with E-state index in [1.165, 1.54) is 6.07 Å². The first-order valence-electron chi connectivity index (χ1n) is 7.63. The van der Waals surface area contributed by atoms with Gasteiger partial charge in [0.2, 0.25) is 0 Å². The van der Waals surface area contributed by atoms with Gasteiger partial charge in [0, 0.05) is 11.1 Å². The molecule has 2 rings (SSSR count). The number of hydrogen-bond donors (Lipinski definition) is 2. The summed E-state index contributed by atoms with van der Waals surface area (Å²) in [6.07, 6.45) is 1.48. The van der Waals surface area contributed by atoms with Crippen LogP contribution in [0.3, 0.4) is 0 Å². The minimum Gasteiger partial charge on any atom is -0.481 e. The number of aliphatic carboxylic acids is 1. The molecule has 0 aromatic heterocycles. The molecule has 126 valence electrons. The maximum atomic E-state index is 14.4. The minimum atomic E-state index is -0.931. The highest BCUT2D eigenvalue weighted by molar-refractivity contribution is 5.85. The zero-order valence-corrected chi connectivity index (χ0v) is 13.6. The molecule has 1 aromatic carbocycles. The van der Waals surface area contributed by atoms with Crippen LogP contribution in [-0.4, -0.2) is 22.8 Å². The molecule has 1 aliphatic carbocycles. The number of carboxylic acids is 1. The van der Waals surface area contributed by atoms with Gasteiger partial charge >= 0.3 is 12.1 Å². The fourth-order valence-corrected chi connectivity index (χ4v) is 2.88. The van der Waals surface area contributed by atoms with Crippen LogP contribution in [0, 0.1) is 5.82 Å². The van der Waals surface area contributed by atoms with Crippen LogP contribution in [0.1, 0.15) is 52.0 Å². The number of rotatable bonds is 4. The van der Waals surface area contributed by atoms with Crippen molar-refractivity contribution in [3.05, 3.63) is 29.6 Å². The molecular weight excluding hydrogens is 301 g/mol. The third-order valence-corrected chi connectivity index (χ3v) is 3.99. The monoisotopic (exact) mass is 323 g/mol. The van der Waals surface area contributed by atoms with Crippen molar-refractivity contribution in [3.63, 3.8) is 0 Å². The zero-order valence-electron chi connectivity index (χ0n) is 13.6. The van der Waals surface area contributed by atoms with Crippen molar-refractivity contribution in [2.24, 2.45) is 0 Å².